The number of aromatic nitrogens is 10. The van der Waals surface area contributed by atoms with Crippen molar-refractivity contribution in [2.24, 2.45) is 5.73 Å². The summed E-state index contributed by atoms with van der Waals surface area (Å²) in [5, 5.41) is 42.7. The standard InChI is InChI=1S/C21H19ClN2O5S.C15H16ClN3O2.C14H12ClN3O.C14H13ClN2O3.C13H12ClN3O2.C10H12ClNO.C8H9ClN2.C8H6ClN.2ClH/c1-3-28-21(25)18-13-23-19(12-15-5-4-6-16(22)11-15)24-20(18)29-30(26,27)17-9-7-14(2)8-10-17;1-3-21-15(20)12-9-18-13(19-14(12)17-2)8-10-5-4-6-11(16)7-10;1-18-13(19)7-10-8-16-12(17-14(10)18)6-9-3-2-4-11(15)5-9;1-2-20-14(19)11-8-16-12(17-13(11)18)7-9-4-3-5-10(15)6-9;1-15-12-10(13(18)19)7-16-11(17-12)6-8-3-2-4-9(14)5-8;1-2-13-10(12)7-8-4-3-5-9(11)6-8;9-7-3-1-2-6(4-7)5-8(10)11;9-8-3-1-2-7(6-8)4-5-10;;/h4-11,13H,3,12H2,1-2H3;4-7,9H,3,8H2,1-2H3,(H,17,18,19);2-5,8H,6-7H2,1H3;3-6,8H,2,7H2,1H3,(H,16,17,18);2-5,7H,6H2,1H3,(H,18,19)(H,15,16,17);3-6,12H,2,7H2,1H3;1-4H,5H2,(H3,10,11);1-3,6H,4H2;2*1H. The number of nitrogens with zero attached hydrogens (tertiary/aromatic N) is 11. The van der Waals surface area contributed by atoms with Gasteiger partial charge in [0.25, 0.3) is 11.4 Å². The minimum atomic E-state index is -4.22. The minimum absolute atomic E-state index is 0. The number of hydrogen-bond acceptors (Lipinski definition) is 27. The number of carboxylic acids is 1. The van der Waals surface area contributed by atoms with Crippen LogP contribution in [0.25, 0.3) is 0 Å². The van der Waals surface area contributed by atoms with Gasteiger partial charge in [-0.15, -0.1) is 24.8 Å². The Kier molecular flexibility index (Phi) is 51.3. The van der Waals surface area contributed by atoms with Gasteiger partial charge in [0.2, 0.25) is 5.91 Å². The number of carboxylic acid groups (broad SMARTS) is 1. The van der Waals surface area contributed by atoms with Gasteiger partial charge in [-0.25, -0.2) is 59.0 Å². The Bertz CT molecular complexity index is 6980. The van der Waals surface area contributed by atoms with Crippen molar-refractivity contribution >= 4 is 187 Å². The molecule has 1 amide bonds. The number of carbonyl (C=O) groups excluding carboxylic acids is 4. The molecule has 0 saturated carbocycles. The van der Waals surface area contributed by atoms with Gasteiger partial charge in [-0.05, 0) is 188 Å². The third-order valence-corrected chi connectivity index (χ3v) is 22.3. The number of aromatic amines is 1. The summed E-state index contributed by atoms with van der Waals surface area (Å²) in [5.74, 6) is 1.23. The van der Waals surface area contributed by atoms with Gasteiger partial charge in [-0.1, -0.05) is 208 Å². The topological polar surface area (TPSA) is 460 Å². The summed E-state index contributed by atoms with van der Waals surface area (Å²) >= 11 is 46.9. The summed E-state index contributed by atoms with van der Waals surface area (Å²) in [4.78, 5) is 112. The van der Waals surface area contributed by atoms with E-state index in [0.717, 1.165) is 61.5 Å². The second kappa shape index (κ2) is 62.0. The smallest absolute Gasteiger partial charge is 0.345 e. The molecule has 31 nitrogen and oxygen atoms in total. The van der Waals surface area contributed by atoms with E-state index in [-0.39, 0.29) is 95.4 Å². The zero-order valence-electron chi connectivity index (χ0n) is 79.4. The number of hydrogen-bond donors (Lipinski definition) is 7. The molecule has 0 fully saturated rings. The fourth-order valence-corrected chi connectivity index (χ4v) is 15.3. The number of nitrogens with one attached hydrogen (secondary N) is 5. The molecule has 0 atom stereocenters. The molecule has 758 valence electrons. The lowest BCUT2D eigenvalue weighted by atomic mass is 10.1. The van der Waals surface area contributed by atoms with Crippen molar-refractivity contribution in [2.45, 2.75) is 97.3 Å². The molecule has 9 aromatic carbocycles. The Hall–Kier alpha value is -13.8. The first-order chi connectivity index (χ1) is 68.5. The second-order valence-corrected chi connectivity index (χ2v) is 35.3. The van der Waals surface area contributed by atoms with Crippen LogP contribution in [0.4, 0.5) is 17.5 Å². The number of amidine groups is 1. The first-order valence-electron chi connectivity index (χ1n) is 43.7. The van der Waals surface area contributed by atoms with E-state index >= 15 is 0 Å². The summed E-state index contributed by atoms with van der Waals surface area (Å²) in [6.45, 7) is 9.94. The van der Waals surface area contributed by atoms with Crippen molar-refractivity contribution in [2.75, 3.05) is 63.1 Å². The Morgan fingerprint density at radius 1 is 0.462 bits per heavy atom. The number of ether oxygens (including phenoxy) is 4. The third kappa shape index (κ3) is 41.5. The molecule has 8 N–H and O–H groups in total. The fraction of sp³-hybridized carbons (Fsp3) is 0.204. The third-order valence-electron chi connectivity index (χ3n) is 19.2. The number of nitrogens with two attached hydrogens (primary N) is 1. The highest BCUT2D eigenvalue weighted by molar-refractivity contribution is 7.87. The molecule has 0 spiro atoms. The predicted molar refractivity (Wildman–Crippen MR) is 571 cm³/mol. The van der Waals surface area contributed by atoms with Gasteiger partial charge in [0, 0.05) is 143 Å². The second-order valence-electron chi connectivity index (χ2n) is 30.2. The maximum atomic E-state index is 12.7. The van der Waals surface area contributed by atoms with Crippen LogP contribution >= 0.6 is 118 Å². The molecule has 1 aliphatic heterocycles. The maximum Gasteiger partial charge on any atom is 0.345 e. The SMILES string of the molecule is CCOC(=N)Cc1cccc(Cl)c1.CCOC(=O)c1cnc(Cc2cccc(Cl)c2)[nH]c1=O.CCOC(=O)c1cnc(Cc2cccc(Cl)c2)nc1NC.CCOC(=O)c1cnc(Cc2cccc(Cl)c2)nc1OS(=O)(=O)c1ccc(C)cc1.CN1C(=O)Cc2cnc(Cc3cccc(Cl)c3)nc21.CNc1nc(Cc2cccc(Cl)c2)ncc1C(=O)O.Cl.Cl.N#CCc1cccc(Cl)c1.N=C(N)Cc1cccc(Cl)c1. The zero-order chi connectivity index (χ0) is 104. The molecular weight excluding hydrogens is 2090 g/mol. The molecular formula is C103H101Cl10N17O14S. The van der Waals surface area contributed by atoms with Crippen LogP contribution in [0.3, 0.4) is 0 Å². The Balaban J connectivity index is 0.000000258. The van der Waals surface area contributed by atoms with Crippen LogP contribution in [0.5, 0.6) is 5.88 Å². The number of H-pyrrole nitrogens is 1. The average molecular weight is 2190 g/mol. The lowest BCUT2D eigenvalue weighted by Gasteiger charge is -2.11. The highest BCUT2D eigenvalue weighted by Crippen LogP contribution is 2.29. The molecule has 15 rings (SSSR count). The number of anilines is 3. The summed E-state index contributed by atoms with van der Waals surface area (Å²) in [6, 6.07) is 67.2. The molecule has 6 heterocycles. The molecule has 0 saturated heterocycles. The molecule has 0 radical (unpaired) electrons. The normalized spacial score (nSPS) is 10.6. The summed E-state index contributed by atoms with van der Waals surface area (Å²) in [7, 11) is 0.849. The van der Waals surface area contributed by atoms with Crippen molar-refractivity contribution < 1.29 is 60.6 Å². The van der Waals surface area contributed by atoms with Crippen molar-refractivity contribution in [1.29, 1.82) is 16.1 Å². The molecule has 0 aliphatic carbocycles. The van der Waals surface area contributed by atoms with E-state index in [9.17, 15) is 37.2 Å². The van der Waals surface area contributed by atoms with Gasteiger partial charge in [0.05, 0.1) is 51.2 Å². The Labute approximate surface area is 891 Å². The molecule has 145 heavy (non-hydrogen) atoms. The van der Waals surface area contributed by atoms with Gasteiger partial charge in [-0.3, -0.25) is 25.3 Å². The van der Waals surface area contributed by atoms with Crippen LogP contribution in [-0.4, -0.2) is 152 Å². The van der Waals surface area contributed by atoms with Crippen LogP contribution in [0.2, 0.25) is 40.2 Å². The predicted octanol–water partition coefficient (Wildman–Crippen LogP) is 21.8. The van der Waals surface area contributed by atoms with Gasteiger partial charge < -0.3 is 49.6 Å². The van der Waals surface area contributed by atoms with Crippen molar-refractivity contribution in [3.8, 4) is 11.9 Å². The van der Waals surface area contributed by atoms with Crippen molar-refractivity contribution in [3.63, 3.8) is 0 Å². The number of aryl methyl sites for hydroxylation is 1. The Morgan fingerprint density at radius 2 is 0.807 bits per heavy atom. The van der Waals surface area contributed by atoms with E-state index < -0.39 is 39.6 Å². The molecule has 5 aromatic heterocycles. The van der Waals surface area contributed by atoms with Crippen LogP contribution in [0.15, 0.2) is 259 Å². The van der Waals surface area contributed by atoms with Crippen LogP contribution in [0.1, 0.15) is 154 Å². The maximum absolute atomic E-state index is 12.7. The number of likely N-dealkylation sites (N-methyl/N-ethyl adjacent to an activating group) is 1. The quantitative estimate of drug-likeness (QED) is 0.00787. The van der Waals surface area contributed by atoms with E-state index in [2.05, 4.69) is 66.5 Å². The highest BCUT2D eigenvalue weighted by atomic mass is 35.5. The largest absolute Gasteiger partial charge is 0.481 e. The summed E-state index contributed by atoms with van der Waals surface area (Å²) in [5.41, 5.74) is 14.3. The molecule has 42 heteroatoms. The molecule has 14 aromatic rings. The van der Waals surface area contributed by atoms with Gasteiger partial charge >= 0.3 is 34.0 Å². The molecule has 0 unspecified atom stereocenters. The number of rotatable bonds is 28. The molecule has 0 bridgehead atoms. The minimum Gasteiger partial charge on any atom is -0.481 e. The van der Waals surface area contributed by atoms with Crippen LogP contribution < -0.4 is 31.0 Å². The van der Waals surface area contributed by atoms with E-state index in [4.69, 9.17) is 143 Å². The van der Waals surface area contributed by atoms with Crippen LogP contribution in [0, 0.1) is 29.1 Å². The number of aromatic carboxylic acids is 1. The van der Waals surface area contributed by atoms with E-state index in [1.165, 1.54) is 36.9 Å². The zero-order valence-corrected chi connectivity index (χ0v) is 87.9. The number of halogens is 10. The number of carbonyl (C=O) groups is 5. The lowest BCUT2D eigenvalue weighted by Crippen LogP contribution is -2.22. The number of benzene rings is 9. The first-order valence-corrected chi connectivity index (χ1v) is 48.2. The van der Waals surface area contributed by atoms with E-state index in [0.29, 0.717) is 145 Å². The van der Waals surface area contributed by atoms with Gasteiger partial charge in [0.15, 0.2) is 5.90 Å². The summed E-state index contributed by atoms with van der Waals surface area (Å²) in [6.07, 6.45) is 11.1. The summed E-state index contributed by atoms with van der Waals surface area (Å²) < 4.78 is 50.4. The van der Waals surface area contributed by atoms with Gasteiger partial charge in [0.1, 0.15) is 73.7 Å². The average Bonchev–Trinajstić information content (AvgIpc) is 0.972. The van der Waals surface area contributed by atoms with Gasteiger partial charge in [-0.2, -0.15) is 18.7 Å². The number of nitriles is 1. The van der Waals surface area contributed by atoms with Crippen LogP contribution in [-0.2, 0) is 91.6 Å². The number of fused-ring (bicyclic) bond motifs is 1. The highest BCUT2D eigenvalue weighted by Gasteiger charge is 2.28. The number of esters is 3. The van der Waals surface area contributed by atoms with Crippen molar-refractivity contribution in [3.05, 3.63) is 407 Å². The van der Waals surface area contributed by atoms with E-state index in [1.54, 1.807) is 120 Å². The van der Waals surface area contributed by atoms with Crippen molar-refractivity contribution in [1.82, 2.24) is 49.8 Å². The number of amides is 1. The Morgan fingerprint density at radius 3 is 1.21 bits per heavy atom. The lowest BCUT2D eigenvalue weighted by molar-refractivity contribution is -0.117. The monoisotopic (exact) mass is 2180 g/mol. The first kappa shape index (κ1) is 120. The van der Waals surface area contributed by atoms with E-state index in [1.807, 2.05) is 153 Å². The molecule has 1 aliphatic rings. The fourth-order valence-electron chi connectivity index (χ4n) is 12.7.